The summed E-state index contributed by atoms with van der Waals surface area (Å²) in [6, 6.07) is 2.08. The van der Waals surface area contributed by atoms with E-state index in [9.17, 15) is 24.3 Å². The fraction of sp³-hybridized carbons (Fsp3) is 0.312. The first kappa shape index (κ1) is 20.3. The largest absolute Gasteiger partial charge is 0.477 e. The average Bonchev–Trinajstić information content (AvgIpc) is 3.21. The predicted octanol–water partition coefficient (Wildman–Crippen LogP) is -0.536. The van der Waals surface area contributed by atoms with Crippen molar-refractivity contribution in [3.63, 3.8) is 0 Å². The predicted molar refractivity (Wildman–Crippen MR) is 97.5 cm³/mol. The number of thioether (sulfide) groups is 1. The lowest BCUT2D eigenvalue weighted by Crippen LogP contribution is -2.71. The Balaban J connectivity index is 1.77. The van der Waals surface area contributed by atoms with E-state index in [0.29, 0.717) is 0 Å². The van der Waals surface area contributed by atoms with Gasteiger partial charge in [-0.1, -0.05) is 5.16 Å². The lowest BCUT2D eigenvalue weighted by molar-refractivity contribution is -0.150. The van der Waals surface area contributed by atoms with Crippen LogP contribution in [0.1, 0.15) is 5.76 Å². The van der Waals surface area contributed by atoms with Gasteiger partial charge in [-0.2, -0.15) is 0 Å². The van der Waals surface area contributed by atoms with Gasteiger partial charge >= 0.3 is 12.1 Å². The summed E-state index contributed by atoms with van der Waals surface area (Å²) in [6.07, 6.45) is 0.290. The average molecular weight is 424 g/mol. The molecule has 3 amide bonds. The van der Waals surface area contributed by atoms with Crippen LogP contribution < -0.4 is 11.1 Å². The summed E-state index contributed by atoms with van der Waals surface area (Å²) >= 11 is 1.21. The quantitative estimate of drug-likeness (QED) is 0.295. The number of hydrogen-bond acceptors (Lipinski definition) is 9. The molecule has 4 N–H and O–H groups in total. The van der Waals surface area contributed by atoms with Gasteiger partial charge in [-0.15, -0.1) is 11.8 Å². The summed E-state index contributed by atoms with van der Waals surface area (Å²) in [6.45, 7) is -0.347. The number of hydrogen-bond donors (Lipinski definition) is 3. The zero-order valence-electron chi connectivity index (χ0n) is 15.0. The second kappa shape index (κ2) is 8.26. The molecule has 29 heavy (non-hydrogen) atoms. The highest BCUT2D eigenvalue weighted by atomic mass is 32.2. The van der Waals surface area contributed by atoms with Crippen molar-refractivity contribution in [2.45, 2.75) is 11.4 Å². The van der Waals surface area contributed by atoms with Crippen LogP contribution in [0.2, 0.25) is 0 Å². The Bertz CT molecular complexity index is 910. The van der Waals surface area contributed by atoms with Gasteiger partial charge in [0.15, 0.2) is 5.76 Å². The maximum atomic E-state index is 12.6. The van der Waals surface area contributed by atoms with Crippen molar-refractivity contribution in [3.8, 4) is 0 Å². The number of primary amides is 1. The highest BCUT2D eigenvalue weighted by Crippen LogP contribution is 2.40. The Morgan fingerprint density at radius 1 is 1.48 bits per heavy atom. The Kier molecular flexibility index (Phi) is 5.77. The van der Waals surface area contributed by atoms with Gasteiger partial charge in [-0.05, 0) is 12.1 Å². The van der Waals surface area contributed by atoms with Crippen LogP contribution in [0.5, 0.6) is 0 Å². The molecule has 0 aromatic carbocycles. The van der Waals surface area contributed by atoms with E-state index < -0.39 is 35.3 Å². The minimum atomic E-state index is -1.35. The summed E-state index contributed by atoms with van der Waals surface area (Å²) in [4.78, 5) is 53.3. The Morgan fingerprint density at radius 3 is 2.83 bits per heavy atom. The van der Waals surface area contributed by atoms with Crippen LogP contribution in [0.25, 0.3) is 0 Å². The van der Waals surface area contributed by atoms with E-state index in [0.717, 1.165) is 4.90 Å². The van der Waals surface area contributed by atoms with E-state index >= 15 is 0 Å². The van der Waals surface area contributed by atoms with Crippen LogP contribution >= 0.6 is 11.8 Å². The molecule has 1 aromatic heterocycles. The van der Waals surface area contributed by atoms with Gasteiger partial charge in [0, 0.05) is 11.3 Å². The zero-order valence-corrected chi connectivity index (χ0v) is 15.8. The molecule has 0 aliphatic carbocycles. The number of fused-ring (bicyclic) bond motifs is 1. The number of nitrogens with zero attached hydrogens (tertiary/aromatic N) is 2. The topological polar surface area (TPSA) is 174 Å². The number of amides is 3. The van der Waals surface area contributed by atoms with Crippen LogP contribution in [0.4, 0.5) is 4.79 Å². The van der Waals surface area contributed by atoms with E-state index in [-0.39, 0.29) is 35.1 Å². The van der Waals surface area contributed by atoms with E-state index in [4.69, 9.17) is 10.2 Å². The van der Waals surface area contributed by atoms with Crippen LogP contribution in [-0.4, -0.2) is 70.5 Å². The summed E-state index contributed by atoms with van der Waals surface area (Å²) in [5.41, 5.74) is 4.68. The van der Waals surface area contributed by atoms with Crippen LogP contribution in [0, 0.1) is 0 Å². The lowest BCUT2D eigenvalue weighted by atomic mass is 10.0. The number of oxime groups is 1. The van der Waals surface area contributed by atoms with E-state index in [1.165, 1.54) is 31.2 Å². The Labute approximate surface area is 167 Å². The zero-order chi connectivity index (χ0) is 21.1. The first-order valence-electron chi connectivity index (χ1n) is 8.13. The third-order valence-electron chi connectivity index (χ3n) is 4.08. The number of carboxylic acid groups (broad SMARTS) is 1. The summed E-state index contributed by atoms with van der Waals surface area (Å²) in [5, 5.41) is 15.0. The molecule has 0 spiro atoms. The second-order valence-electron chi connectivity index (χ2n) is 5.83. The van der Waals surface area contributed by atoms with Crippen molar-refractivity contribution < 1.29 is 38.3 Å². The molecule has 12 nitrogen and oxygen atoms in total. The lowest BCUT2D eigenvalue weighted by Gasteiger charge is -2.49. The number of ether oxygens (including phenoxy) is 1. The number of nitrogens with one attached hydrogen (secondary N) is 1. The summed E-state index contributed by atoms with van der Waals surface area (Å²) in [7, 11) is 1.25. The molecule has 2 aliphatic rings. The van der Waals surface area contributed by atoms with Crippen LogP contribution in [0.15, 0.2) is 39.2 Å². The van der Waals surface area contributed by atoms with Gasteiger partial charge < -0.3 is 30.1 Å². The van der Waals surface area contributed by atoms with E-state index in [1.807, 2.05) is 0 Å². The van der Waals surface area contributed by atoms with E-state index in [2.05, 4.69) is 20.0 Å². The molecule has 1 saturated heterocycles. The summed E-state index contributed by atoms with van der Waals surface area (Å²) in [5.74, 6) is -2.38. The molecule has 2 unspecified atom stereocenters. The fourth-order valence-corrected chi connectivity index (χ4v) is 4.19. The summed E-state index contributed by atoms with van der Waals surface area (Å²) < 4.78 is 9.79. The maximum Gasteiger partial charge on any atom is 0.404 e. The number of rotatable bonds is 7. The van der Waals surface area contributed by atoms with Gasteiger partial charge in [0.1, 0.15) is 30.8 Å². The molecular weight excluding hydrogens is 408 g/mol. The minimum Gasteiger partial charge on any atom is -0.477 e. The van der Waals surface area contributed by atoms with Crippen molar-refractivity contribution >= 4 is 41.4 Å². The molecule has 3 rings (SSSR count). The highest BCUT2D eigenvalue weighted by molar-refractivity contribution is 8.00. The molecule has 0 radical (unpaired) electrons. The van der Waals surface area contributed by atoms with Gasteiger partial charge in [-0.3, -0.25) is 14.5 Å². The molecular formula is C16H16N4O8S. The molecule has 2 atom stereocenters. The molecule has 13 heteroatoms. The van der Waals surface area contributed by atoms with Gasteiger partial charge in [-0.25, -0.2) is 9.59 Å². The van der Waals surface area contributed by atoms with Crippen molar-refractivity contribution in [1.29, 1.82) is 0 Å². The fourth-order valence-electron chi connectivity index (χ4n) is 2.87. The van der Waals surface area contributed by atoms with Crippen LogP contribution in [-0.2, 0) is 24.0 Å². The third kappa shape index (κ3) is 3.89. The number of nitrogens with two attached hydrogens (primary N) is 1. The van der Waals surface area contributed by atoms with Crippen molar-refractivity contribution in [2.75, 3.05) is 19.5 Å². The number of carbonyl (C=O) groups is 4. The molecule has 154 valence electrons. The monoisotopic (exact) mass is 424 g/mol. The number of aliphatic carboxylic acids is 1. The van der Waals surface area contributed by atoms with Gasteiger partial charge in [0.05, 0.1) is 6.26 Å². The molecule has 2 aliphatic heterocycles. The normalized spacial score (nSPS) is 21.2. The molecule has 1 aromatic rings. The first-order valence-corrected chi connectivity index (χ1v) is 9.18. The SMILES string of the molecule is CO/N=C(/C(=O)NC1C(=O)N2C(C(=O)O)=C(COC(N)=O)CSC12)c1ccco1. The van der Waals surface area contributed by atoms with Crippen molar-refractivity contribution in [3.05, 3.63) is 35.4 Å². The third-order valence-corrected chi connectivity index (χ3v) is 5.42. The maximum absolute atomic E-state index is 12.6. The minimum absolute atomic E-state index is 0.140. The molecule has 0 bridgehead atoms. The number of β-lactam (4-membered cyclic amide) rings is 1. The Morgan fingerprint density at radius 2 is 2.24 bits per heavy atom. The van der Waals surface area contributed by atoms with Crippen molar-refractivity contribution in [1.82, 2.24) is 10.2 Å². The molecule has 3 heterocycles. The Hall–Kier alpha value is -3.48. The number of carboxylic acids is 1. The second-order valence-corrected chi connectivity index (χ2v) is 6.93. The highest BCUT2D eigenvalue weighted by Gasteiger charge is 2.54. The number of furan rings is 1. The standard InChI is InChI=1S/C16H16N4O8S/c1-26-19-9(8-3-2-4-27-8)12(21)18-10-13(22)20-11(15(23)24)7(5-28-16(17)25)6-29-14(10)20/h2-4,10,14H,5-6H2,1H3,(H2,17,25)(H,18,21)(H,23,24)/b19-9+. The van der Waals surface area contributed by atoms with Gasteiger partial charge in [0.25, 0.3) is 11.8 Å². The van der Waals surface area contributed by atoms with E-state index in [1.54, 1.807) is 6.07 Å². The molecule has 1 fully saturated rings. The first-order chi connectivity index (χ1) is 13.8. The van der Waals surface area contributed by atoms with Gasteiger partial charge in [0.2, 0.25) is 5.71 Å². The van der Waals surface area contributed by atoms with Crippen molar-refractivity contribution in [2.24, 2.45) is 10.9 Å². The molecule has 0 saturated carbocycles. The smallest absolute Gasteiger partial charge is 0.404 e. The van der Waals surface area contributed by atoms with Crippen LogP contribution in [0.3, 0.4) is 0 Å². The number of carbonyl (C=O) groups excluding carboxylic acids is 3.